The van der Waals surface area contributed by atoms with Crippen LogP contribution in [0.1, 0.15) is 23.2 Å². The zero-order valence-electron chi connectivity index (χ0n) is 14.8. The van der Waals surface area contributed by atoms with Gasteiger partial charge in [0.05, 0.1) is 16.7 Å². The number of aliphatic imine (C=N–C) groups is 1. The molecule has 0 bridgehead atoms. The molecule has 28 heavy (non-hydrogen) atoms. The predicted molar refractivity (Wildman–Crippen MR) is 102 cm³/mol. The van der Waals surface area contributed by atoms with E-state index in [0.717, 1.165) is 6.07 Å². The number of halogens is 2. The number of carbonyl (C=O) groups excluding carboxylic acids is 3. The van der Waals surface area contributed by atoms with Crippen molar-refractivity contribution < 1.29 is 18.8 Å². The van der Waals surface area contributed by atoms with E-state index < -0.39 is 17.8 Å². The van der Waals surface area contributed by atoms with Gasteiger partial charge in [-0.15, -0.1) is 0 Å². The normalized spacial score (nSPS) is 22.4. The smallest absolute Gasteiger partial charge is 0.338 e. The number of hydrogen-bond donors (Lipinski definition) is 0. The van der Waals surface area contributed by atoms with E-state index in [-0.39, 0.29) is 22.9 Å². The van der Waals surface area contributed by atoms with Crippen LogP contribution in [0.2, 0.25) is 5.02 Å². The summed E-state index contributed by atoms with van der Waals surface area (Å²) in [5, 5.41) is -0.103. The number of allylic oxidation sites excluding steroid dienone is 3. The van der Waals surface area contributed by atoms with Crippen molar-refractivity contribution in [2.45, 2.75) is 18.9 Å². The number of piperidine rings is 1. The fraction of sp³-hybridized carbons (Fsp3) is 0.300. The molecule has 3 aliphatic rings. The highest BCUT2D eigenvalue weighted by Gasteiger charge is 2.41. The van der Waals surface area contributed by atoms with Gasteiger partial charge in [0, 0.05) is 24.7 Å². The Morgan fingerprint density at radius 1 is 1.18 bits per heavy atom. The van der Waals surface area contributed by atoms with Crippen molar-refractivity contribution >= 4 is 35.2 Å². The van der Waals surface area contributed by atoms with E-state index >= 15 is 0 Å². The molecule has 0 N–H and O–H groups in total. The lowest BCUT2D eigenvalue weighted by Crippen LogP contribution is -2.54. The van der Waals surface area contributed by atoms with Crippen molar-refractivity contribution in [3.05, 3.63) is 58.9 Å². The van der Waals surface area contributed by atoms with Crippen molar-refractivity contribution in [3.63, 3.8) is 0 Å². The lowest BCUT2D eigenvalue weighted by molar-refractivity contribution is -0.131. The van der Waals surface area contributed by atoms with Crippen LogP contribution in [-0.4, -0.2) is 52.5 Å². The number of nitrogens with zero attached hydrogens (tertiary/aromatic N) is 3. The monoisotopic (exact) mass is 401 g/mol. The van der Waals surface area contributed by atoms with Gasteiger partial charge in [0.2, 0.25) is 5.91 Å². The largest absolute Gasteiger partial charge is 0.350 e. The first-order valence-corrected chi connectivity index (χ1v) is 9.38. The number of hydrogen-bond acceptors (Lipinski definition) is 3. The molecule has 0 spiro atoms. The third-order valence-electron chi connectivity index (χ3n) is 5.22. The average Bonchev–Trinajstić information content (AvgIpc) is 2.70. The number of carbonyl (C=O) groups is 3. The zero-order chi connectivity index (χ0) is 19.8. The molecular weight excluding hydrogens is 385 g/mol. The van der Waals surface area contributed by atoms with Crippen molar-refractivity contribution in [1.29, 1.82) is 0 Å². The van der Waals surface area contributed by atoms with Crippen molar-refractivity contribution in [3.8, 4) is 0 Å². The van der Waals surface area contributed by atoms with Gasteiger partial charge in [-0.05, 0) is 37.1 Å². The molecule has 0 radical (unpaired) electrons. The van der Waals surface area contributed by atoms with Crippen molar-refractivity contribution in [2.75, 3.05) is 13.1 Å². The second-order valence-corrected chi connectivity index (χ2v) is 7.31. The Kier molecular flexibility index (Phi) is 4.85. The summed E-state index contributed by atoms with van der Waals surface area (Å²) in [4.78, 5) is 44.7. The molecule has 1 aliphatic carbocycles. The van der Waals surface area contributed by atoms with Gasteiger partial charge in [-0.1, -0.05) is 29.8 Å². The molecule has 1 aromatic carbocycles. The van der Waals surface area contributed by atoms with Crippen LogP contribution in [0, 0.1) is 11.7 Å². The van der Waals surface area contributed by atoms with Crippen molar-refractivity contribution in [2.24, 2.45) is 10.9 Å². The zero-order valence-corrected chi connectivity index (χ0v) is 15.6. The first kappa shape index (κ1) is 18.6. The number of benzene rings is 1. The van der Waals surface area contributed by atoms with E-state index in [1.165, 1.54) is 17.0 Å². The van der Waals surface area contributed by atoms with E-state index in [1.54, 1.807) is 29.2 Å². The second-order valence-electron chi connectivity index (χ2n) is 6.90. The molecule has 1 fully saturated rings. The standard InChI is InChI=1S/C20H17ClFN3O3/c21-15-11-12(5-6-16(15)22)18(26)24-9-7-13(8-10-24)25-19(27)14-3-1-2-4-17(14)23-20(25)28/h1-6,11,13-14H,7-10H2. The van der Waals surface area contributed by atoms with Gasteiger partial charge in [-0.2, -0.15) is 4.99 Å². The van der Waals surface area contributed by atoms with Gasteiger partial charge in [-0.25, -0.2) is 9.18 Å². The van der Waals surface area contributed by atoms with Gasteiger partial charge in [0.25, 0.3) is 5.91 Å². The molecule has 1 aromatic rings. The molecule has 0 saturated carbocycles. The van der Waals surface area contributed by atoms with Gasteiger partial charge < -0.3 is 4.90 Å². The molecule has 2 heterocycles. The Bertz CT molecular complexity index is 948. The molecule has 0 aromatic heterocycles. The number of fused-ring (bicyclic) bond motifs is 1. The van der Waals surface area contributed by atoms with E-state index in [4.69, 9.17) is 11.6 Å². The maximum atomic E-state index is 13.3. The highest BCUT2D eigenvalue weighted by Crippen LogP contribution is 2.27. The van der Waals surface area contributed by atoms with E-state index in [9.17, 15) is 18.8 Å². The summed E-state index contributed by atoms with van der Waals surface area (Å²) in [7, 11) is 0. The van der Waals surface area contributed by atoms with Crippen LogP contribution < -0.4 is 0 Å². The molecule has 1 unspecified atom stereocenters. The van der Waals surface area contributed by atoms with Gasteiger partial charge in [0.1, 0.15) is 5.82 Å². The van der Waals surface area contributed by atoms with E-state index in [2.05, 4.69) is 4.99 Å². The summed E-state index contributed by atoms with van der Waals surface area (Å²) in [6.45, 7) is 0.763. The summed E-state index contributed by atoms with van der Waals surface area (Å²) in [5.74, 6) is -1.63. The predicted octanol–water partition coefficient (Wildman–Crippen LogP) is 3.23. The Morgan fingerprint density at radius 2 is 1.93 bits per heavy atom. The Labute approximate surface area is 166 Å². The highest BCUT2D eigenvalue weighted by molar-refractivity contribution is 6.31. The fourth-order valence-electron chi connectivity index (χ4n) is 3.73. The topological polar surface area (TPSA) is 70.1 Å². The average molecular weight is 402 g/mol. The summed E-state index contributed by atoms with van der Waals surface area (Å²) in [6, 6.07) is 3.01. The third kappa shape index (κ3) is 3.26. The van der Waals surface area contributed by atoms with Crippen LogP contribution in [0.3, 0.4) is 0 Å². The summed E-state index contributed by atoms with van der Waals surface area (Å²) in [6.07, 6.45) is 7.86. The Hall–Kier alpha value is -2.80. The molecular formula is C20H17ClFN3O3. The van der Waals surface area contributed by atoms with Crippen molar-refractivity contribution in [1.82, 2.24) is 9.80 Å². The number of rotatable bonds is 2. The Morgan fingerprint density at radius 3 is 2.64 bits per heavy atom. The van der Waals surface area contributed by atoms with E-state index in [1.807, 2.05) is 0 Å². The fourth-order valence-corrected chi connectivity index (χ4v) is 3.91. The minimum absolute atomic E-state index is 0.103. The SMILES string of the molecule is O=C(c1ccc(F)c(Cl)c1)N1CCC(N2C(=O)N=C3C=CC=CC3C2=O)CC1. The van der Waals surface area contributed by atoms with Crippen LogP contribution in [0.4, 0.5) is 9.18 Å². The molecule has 4 rings (SSSR count). The molecule has 8 heteroatoms. The number of urea groups is 1. The number of imide groups is 1. The molecule has 4 amide bonds. The molecule has 1 atom stereocenters. The van der Waals surface area contributed by atoms with Crippen LogP contribution in [0.15, 0.2) is 47.5 Å². The van der Waals surface area contributed by atoms with Gasteiger partial charge >= 0.3 is 6.03 Å². The minimum atomic E-state index is -0.578. The minimum Gasteiger partial charge on any atom is -0.338 e. The van der Waals surface area contributed by atoms with E-state index in [0.29, 0.717) is 37.2 Å². The van der Waals surface area contributed by atoms with Crippen LogP contribution >= 0.6 is 11.6 Å². The third-order valence-corrected chi connectivity index (χ3v) is 5.51. The first-order chi connectivity index (χ1) is 13.5. The van der Waals surface area contributed by atoms with Crippen LogP contribution in [0.5, 0.6) is 0 Å². The lowest BCUT2D eigenvalue weighted by atomic mass is 9.93. The summed E-state index contributed by atoms with van der Waals surface area (Å²) >= 11 is 5.76. The maximum absolute atomic E-state index is 13.3. The molecule has 2 aliphatic heterocycles. The Balaban J connectivity index is 1.45. The number of amides is 4. The second kappa shape index (κ2) is 7.31. The maximum Gasteiger partial charge on any atom is 0.350 e. The van der Waals surface area contributed by atoms with Crippen LogP contribution in [0.25, 0.3) is 0 Å². The quantitative estimate of drug-likeness (QED) is 0.764. The highest BCUT2D eigenvalue weighted by atomic mass is 35.5. The summed E-state index contributed by atoms with van der Waals surface area (Å²) in [5.41, 5.74) is 0.776. The first-order valence-electron chi connectivity index (χ1n) is 9.00. The molecule has 144 valence electrons. The van der Waals surface area contributed by atoms with Crippen LogP contribution in [-0.2, 0) is 4.79 Å². The van der Waals surface area contributed by atoms with Gasteiger partial charge in [-0.3, -0.25) is 14.5 Å². The number of likely N-dealkylation sites (tertiary alicyclic amines) is 1. The van der Waals surface area contributed by atoms with Gasteiger partial charge in [0.15, 0.2) is 0 Å². The molecule has 1 saturated heterocycles. The summed E-state index contributed by atoms with van der Waals surface area (Å²) < 4.78 is 13.3. The lowest BCUT2D eigenvalue weighted by Gasteiger charge is -2.39. The molecule has 6 nitrogen and oxygen atoms in total.